The highest BCUT2D eigenvalue weighted by atomic mass is 35.5. The average Bonchev–Trinajstić information content (AvgIpc) is 3.07. The zero-order valence-corrected chi connectivity index (χ0v) is 29.2. The third-order valence-electron chi connectivity index (χ3n) is 7.78. The van der Waals surface area contributed by atoms with Crippen LogP contribution in [0.2, 0.25) is 10.0 Å². The summed E-state index contributed by atoms with van der Waals surface area (Å²) >= 11 is 13.1. The first-order valence-electron chi connectivity index (χ1n) is 15.5. The molecule has 0 spiro atoms. The van der Waals surface area contributed by atoms with Crippen LogP contribution < -0.4 is 14.4 Å². The number of halogens is 3. The van der Waals surface area contributed by atoms with E-state index in [4.69, 9.17) is 27.9 Å². The lowest BCUT2D eigenvalue weighted by Gasteiger charge is -2.34. The summed E-state index contributed by atoms with van der Waals surface area (Å²) < 4.78 is 48.8. The van der Waals surface area contributed by atoms with Crippen LogP contribution in [0.4, 0.5) is 10.1 Å². The maximum absolute atomic E-state index is 14.6. The number of rotatable bonds is 15. The van der Waals surface area contributed by atoms with Crippen LogP contribution in [0.25, 0.3) is 0 Å². The van der Waals surface area contributed by atoms with Crippen molar-refractivity contribution in [1.29, 1.82) is 0 Å². The summed E-state index contributed by atoms with van der Waals surface area (Å²) in [7, 11) is -4.39. The Balaban J connectivity index is 1.83. The van der Waals surface area contributed by atoms with Gasteiger partial charge in [0.05, 0.1) is 17.2 Å². The number of anilines is 1. The molecule has 0 aliphatic rings. The van der Waals surface area contributed by atoms with Crippen molar-refractivity contribution in [3.05, 3.63) is 124 Å². The van der Waals surface area contributed by atoms with E-state index in [1.807, 2.05) is 51.1 Å². The van der Waals surface area contributed by atoms with Crippen molar-refractivity contribution in [3.63, 3.8) is 0 Å². The van der Waals surface area contributed by atoms with Crippen LogP contribution in [0.3, 0.4) is 0 Å². The molecule has 0 aromatic heterocycles. The third-order valence-corrected chi connectivity index (χ3v) is 10.3. The van der Waals surface area contributed by atoms with E-state index in [9.17, 15) is 22.4 Å². The van der Waals surface area contributed by atoms with Crippen molar-refractivity contribution in [1.82, 2.24) is 10.2 Å². The van der Waals surface area contributed by atoms with Crippen LogP contribution in [0.1, 0.15) is 38.3 Å². The van der Waals surface area contributed by atoms with Gasteiger partial charge in [-0.25, -0.2) is 12.8 Å². The Labute approximate surface area is 291 Å². The number of ether oxygens (including phenoxy) is 1. The van der Waals surface area contributed by atoms with Gasteiger partial charge < -0.3 is 15.0 Å². The Morgan fingerprint density at radius 3 is 2.08 bits per heavy atom. The smallest absolute Gasteiger partial charge is 0.264 e. The third kappa shape index (κ3) is 9.27. The second kappa shape index (κ2) is 16.8. The zero-order chi connectivity index (χ0) is 34.8. The fourth-order valence-electron chi connectivity index (χ4n) is 4.99. The summed E-state index contributed by atoms with van der Waals surface area (Å²) in [6.07, 6.45) is 0.770. The summed E-state index contributed by atoms with van der Waals surface area (Å²) in [5, 5.41) is 3.53. The monoisotopic (exact) mass is 713 g/mol. The number of benzene rings is 4. The highest BCUT2D eigenvalue weighted by Gasteiger charge is 2.35. The molecular weight excluding hydrogens is 676 g/mol. The van der Waals surface area contributed by atoms with Gasteiger partial charge in [-0.05, 0) is 86.5 Å². The van der Waals surface area contributed by atoms with Crippen molar-refractivity contribution in [2.45, 2.75) is 57.1 Å². The molecule has 2 atom stereocenters. The predicted molar refractivity (Wildman–Crippen MR) is 187 cm³/mol. The maximum Gasteiger partial charge on any atom is 0.264 e. The number of sulfonamides is 1. The molecule has 4 rings (SSSR count). The Hall–Kier alpha value is -4.12. The van der Waals surface area contributed by atoms with Crippen LogP contribution in [0.15, 0.2) is 102 Å². The predicted octanol–water partition coefficient (Wildman–Crippen LogP) is 7.28. The number of carbonyl (C=O) groups is 2. The Bertz CT molecular complexity index is 1770. The Morgan fingerprint density at radius 2 is 1.50 bits per heavy atom. The first-order valence-corrected chi connectivity index (χ1v) is 17.7. The van der Waals surface area contributed by atoms with E-state index in [0.29, 0.717) is 24.3 Å². The highest BCUT2D eigenvalue weighted by Crippen LogP contribution is 2.29. The second-order valence-corrected chi connectivity index (χ2v) is 13.8. The van der Waals surface area contributed by atoms with E-state index in [1.165, 1.54) is 41.3 Å². The van der Waals surface area contributed by atoms with Gasteiger partial charge in [-0.1, -0.05) is 66.5 Å². The Morgan fingerprint density at radius 1 is 0.875 bits per heavy atom. The van der Waals surface area contributed by atoms with Gasteiger partial charge >= 0.3 is 0 Å². The van der Waals surface area contributed by atoms with Crippen molar-refractivity contribution in [2.75, 3.05) is 17.5 Å². The van der Waals surface area contributed by atoms with Crippen molar-refractivity contribution in [3.8, 4) is 5.75 Å². The van der Waals surface area contributed by atoms with E-state index >= 15 is 0 Å². The number of amides is 2. The minimum atomic E-state index is -4.39. The minimum absolute atomic E-state index is 0.0537. The van der Waals surface area contributed by atoms with E-state index in [2.05, 4.69) is 5.32 Å². The van der Waals surface area contributed by atoms with Gasteiger partial charge in [-0.15, -0.1) is 0 Å². The molecule has 0 radical (unpaired) electrons. The van der Waals surface area contributed by atoms with Gasteiger partial charge in [-0.3, -0.25) is 13.9 Å². The quantitative estimate of drug-likeness (QED) is 0.140. The number of nitrogens with zero attached hydrogens (tertiary/aromatic N) is 2. The molecule has 1 N–H and O–H groups in total. The standard InChI is InChI=1S/C36H38Cl2FN3O5S/c1-4-25(3)40-36(44)34(22-26-10-7-6-8-11-26)41(23-31-32(37)12-9-13-33(31)38)35(43)24-42(28-16-14-27(39)15-17-28)48(45,46)30-20-18-29(19-21-30)47-5-2/h6-21,25,34H,4-5,22-24H2,1-3H3,(H,40,44)/t25-,34+/m1/s1. The van der Waals surface area contributed by atoms with Gasteiger partial charge in [0.1, 0.15) is 24.2 Å². The molecule has 0 saturated heterocycles. The molecule has 0 aliphatic heterocycles. The Kier molecular flexibility index (Phi) is 12.9. The molecule has 0 bridgehead atoms. The van der Waals surface area contributed by atoms with Crippen molar-refractivity contribution < 1.29 is 27.1 Å². The second-order valence-electron chi connectivity index (χ2n) is 11.1. The molecule has 8 nitrogen and oxygen atoms in total. The van der Waals surface area contributed by atoms with Crippen LogP contribution in [-0.4, -0.2) is 50.4 Å². The first kappa shape index (κ1) is 36.7. The molecule has 0 aliphatic carbocycles. The van der Waals surface area contributed by atoms with E-state index in [1.54, 1.807) is 18.2 Å². The van der Waals surface area contributed by atoms with E-state index in [0.717, 1.165) is 22.0 Å². The minimum Gasteiger partial charge on any atom is -0.494 e. The van der Waals surface area contributed by atoms with Gasteiger partial charge in [-0.2, -0.15) is 0 Å². The van der Waals surface area contributed by atoms with Crippen molar-refractivity contribution in [2.24, 2.45) is 0 Å². The largest absolute Gasteiger partial charge is 0.494 e. The SMILES string of the molecule is CCOc1ccc(S(=O)(=O)N(CC(=O)N(Cc2c(Cl)cccc2Cl)[C@@H](Cc2ccccc2)C(=O)N[C@H](C)CC)c2ccc(F)cc2)cc1. The van der Waals surface area contributed by atoms with Crippen LogP contribution >= 0.6 is 23.2 Å². The lowest BCUT2D eigenvalue weighted by Crippen LogP contribution is -2.54. The normalized spacial score (nSPS) is 12.5. The fraction of sp³-hybridized carbons (Fsp3) is 0.278. The average molecular weight is 715 g/mol. The van der Waals surface area contributed by atoms with Crippen LogP contribution in [-0.2, 0) is 32.6 Å². The number of nitrogens with one attached hydrogen (secondary N) is 1. The number of hydrogen-bond acceptors (Lipinski definition) is 5. The molecule has 0 heterocycles. The summed E-state index contributed by atoms with van der Waals surface area (Å²) in [5.74, 6) is -1.24. The van der Waals surface area contributed by atoms with Gasteiger partial charge in [0.25, 0.3) is 10.0 Å². The summed E-state index contributed by atoms with van der Waals surface area (Å²) in [5.41, 5.74) is 1.23. The summed E-state index contributed by atoms with van der Waals surface area (Å²) in [4.78, 5) is 29.7. The molecule has 0 unspecified atom stereocenters. The number of carbonyl (C=O) groups excluding carboxylic acids is 2. The molecule has 4 aromatic rings. The van der Waals surface area contributed by atoms with Gasteiger partial charge in [0, 0.05) is 34.6 Å². The fourth-order valence-corrected chi connectivity index (χ4v) is 6.92. The molecule has 254 valence electrons. The maximum atomic E-state index is 14.6. The molecule has 0 fully saturated rings. The van der Waals surface area contributed by atoms with Crippen LogP contribution in [0, 0.1) is 5.82 Å². The molecular formula is C36H38Cl2FN3O5S. The number of hydrogen-bond donors (Lipinski definition) is 1. The first-order chi connectivity index (χ1) is 22.9. The molecule has 12 heteroatoms. The van der Waals surface area contributed by atoms with Crippen molar-refractivity contribution >= 4 is 50.7 Å². The van der Waals surface area contributed by atoms with E-state index in [-0.39, 0.29) is 39.6 Å². The highest BCUT2D eigenvalue weighted by molar-refractivity contribution is 7.92. The zero-order valence-electron chi connectivity index (χ0n) is 26.9. The summed E-state index contributed by atoms with van der Waals surface area (Å²) in [6, 6.07) is 23.4. The van der Waals surface area contributed by atoms with Crippen LogP contribution in [0.5, 0.6) is 5.75 Å². The topological polar surface area (TPSA) is 96.0 Å². The molecule has 48 heavy (non-hydrogen) atoms. The van der Waals surface area contributed by atoms with Gasteiger partial charge in [0.15, 0.2) is 0 Å². The molecule has 0 saturated carbocycles. The van der Waals surface area contributed by atoms with Gasteiger partial charge in [0.2, 0.25) is 11.8 Å². The summed E-state index contributed by atoms with van der Waals surface area (Å²) in [6.45, 7) is 5.07. The molecule has 4 aromatic carbocycles. The lowest BCUT2D eigenvalue weighted by atomic mass is 10.0. The lowest BCUT2D eigenvalue weighted by molar-refractivity contribution is -0.140. The van der Waals surface area contributed by atoms with E-state index < -0.39 is 40.2 Å². The molecule has 2 amide bonds.